The molecule has 11 heteroatoms. The molecule has 0 amide bonds. The Morgan fingerprint density at radius 3 is 2.31 bits per heavy atom. The Balaban J connectivity index is 1.61. The molecule has 3 atom stereocenters. The van der Waals surface area contributed by atoms with Crippen LogP contribution >= 0.6 is 0 Å². The van der Waals surface area contributed by atoms with Crippen LogP contribution in [0.1, 0.15) is 19.4 Å². The number of ether oxygens (including phenoxy) is 1. The summed E-state index contributed by atoms with van der Waals surface area (Å²) in [5, 5.41) is 10.0. The minimum Gasteiger partial charge on any atom is -0.379 e. The lowest BCUT2D eigenvalue weighted by Gasteiger charge is -2.45. The van der Waals surface area contributed by atoms with Crippen LogP contribution < -0.4 is 4.90 Å². The van der Waals surface area contributed by atoms with Crippen LogP contribution in [0.5, 0.6) is 0 Å². The Labute approximate surface area is 210 Å². The van der Waals surface area contributed by atoms with Crippen molar-refractivity contribution in [1.82, 2.24) is 9.21 Å². The van der Waals surface area contributed by atoms with Crippen LogP contribution in [0.2, 0.25) is 0 Å². The number of hydrogen-bond donors (Lipinski definition) is 1. The van der Waals surface area contributed by atoms with Gasteiger partial charge in [-0.15, -0.1) is 0 Å². The van der Waals surface area contributed by atoms with Crippen LogP contribution in [0, 0.1) is 0 Å². The first kappa shape index (κ1) is 26.9. The summed E-state index contributed by atoms with van der Waals surface area (Å²) in [6.07, 6.45) is -4.80. The van der Waals surface area contributed by atoms with Crippen molar-refractivity contribution in [2.24, 2.45) is 0 Å². The molecule has 1 N–H and O–H groups in total. The van der Waals surface area contributed by atoms with E-state index in [0.29, 0.717) is 38.5 Å². The standard InChI is InChI=1S/C25H32F3N3O4S/c1-19-18-35-15-14-29(19)16-22-17-30(36(33,34)23-6-4-3-5-7-23)12-13-31(22)21-10-8-20(9-11-21)24(2,32)25(26,27)28/h3-11,19,22,32H,12-18H2,1-2H3/t19-,22+,24-/m0/s1. The van der Waals surface area contributed by atoms with Gasteiger partial charge in [-0.05, 0) is 43.7 Å². The first-order valence-electron chi connectivity index (χ1n) is 11.9. The predicted molar refractivity (Wildman–Crippen MR) is 130 cm³/mol. The molecule has 0 saturated carbocycles. The quantitative estimate of drug-likeness (QED) is 0.623. The molecule has 0 aromatic heterocycles. The fourth-order valence-electron chi connectivity index (χ4n) is 4.73. The zero-order chi connectivity index (χ0) is 26.1. The number of piperazine rings is 1. The zero-order valence-corrected chi connectivity index (χ0v) is 21.2. The lowest BCUT2D eigenvalue weighted by Crippen LogP contribution is -2.60. The number of sulfonamides is 1. The van der Waals surface area contributed by atoms with Crippen molar-refractivity contribution in [2.75, 3.05) is 50.8 Å². The molecule has 2 heterocycles. The lowest BCUT2D eigenvalue weighted by atomic mass is 9.95. The highest BCUT2D eigenvalue weighted by Crippen LogP contribution is 2.39. The monoisotopic (exact) mass is 527 g/mol. The number of rotatable bonds is 6. The minimum absolute atomic E-state index is 0.158. The maximum absolute atomic E-state index is 13.3. The third kappa shape index (κ3) is 5.40. The number of nitrogens with zero attached hydrogens (tertiary/aromatic N) is 3. The van der Waals surface area contributed by atoms with Crippen LogP contribution in [-0.4, -0.2) is 86.9 Å². The summed E-state index contributed by atoms with van der Waals surface area (Å²) in [5.74, 6) is 0. The average molecular weight is 528 g/mol. The van der Waals surface area contributed by atoms with E-state index in [4.69, 9.17) is 4.74 Å². The number of hydrogen-bond acceptors (Lipinski definition) is 6. The third-order valence-electron chi connectivity index (χ3n) is 7.09. The molecule has 2 fully saturated rings. The van der Waals surface area contributed by atoms with Crippen molar-refractivity contribution in [2.45, 2.75) is 42.6 Å². The second-order valence-corrected chi connectivity index (χ2v) is 11.5. The highest BCUT2D eigenvalue weighted by molar-refractivity contribution is 7.89. The van der Waals surface area contributed by atoms with Crippen LogP contribution in [0.3, 0.4) is 0 Å². The number of benzene rings is 2. The molecule has 2 saturated heterocycles. The Morgan fingerprint density at radius 2 is 1.69 bits per heavy atom. The van der Waals surface area contributed by atoms with Crippen LogP contribution in [0.25, 0.3) is 0 Å². The van der Waals surface area contributed by atoms with E-state index in [1.165, 1.54) is 16.4 Å². The number of halogens is 3. The van der Waals surface area contributed by atoms with Gasteiger partial charge in [-0.2, -0.15) is 17.5 Å². The molecule has 0 radical (unpaired) electrons. The van der Waals surface area contributed by atoms with Gasteiger partial charge >= 0.3 is 6.18 Å². The maximum atomic E-state index is 13.3. The fraction of sp³-hybridized carbons (Fsp3) is 0.520. The largest absolute Gasteiger partial charge is 0.421 e. The summed E-state index contributed by atoms with van der Waals surface area (Å²) >= 11 is 0. The van der Waals surface area contributed by atoms with Crippen LogP contribution in [0.15, 0.2) is 59.5 Å². The van der Waals surface area contributed by atoms with E-state index in [2.05, 4.69) is 11.8 Å². The predicted octanol–water partition coefficient (Wildman–Crippen LogP) is 3.06. The number of anilines is 1. The molecule has 0 aliphatic carbocycles. The molecule has 4 rings (SSSR count). The highest BCUT2D eigenvalue weighted by atomic mass is 32.2. The van der Waals surface area contributed by atoms with Crippen LogP contribution in [0.4, 0.5) is 18.9 Å². The molecule has 198 valence electrons. The fourth-order valence-corrected chi connectivity index (χ4v) is 6.22. The minimum atomic E-state index is -4.80. The summed E-state index contributed by atoms with van der Waals surface area (Å²) in [6.45, 7) is 6.11. The van der Waals surface area contributed by atoms with Gasteiger partial charge in [0.15, 0.2) is 5.60 Å². The smallest absolute Gasteiger partial charge is 0.379 e. The summed E-state index contributed by atoms with van der Waals surface area (Å²) in [7, 11) is -3.69. The van der Waals surface area contributed by atoms with E-state index < -0.39 is 21.8 Å². The Bertz CT molecular complexity index is 1130. The molecule has 36 heavy (non-hydrogen) atoms. The zero-order valence-electron chi connectivity index (χ0n) is 20.4. The van der Waals surface area contributed by atoms with Gasteiger partial charge < -0.3 is 14.7 Å². The highest BCUT2D eigenvalue weighted by Gasteiger charge is 2.51. The normalized spacial score (nSPS) is 24.4. The first-order chi connectivity index (χ1) is 16.9. The van der Waals surface area contributed by atoms with Crippen LogP contribution in [-0.2, 0) is 20.4 Å². The summed E-state index contributed by atoms with van der Waals surface area (Å²) < 4.78 is 73.5. The third-order valence-corrected chi connectivity index (χ3v) is 8.97. The van der Waals surface area contributed by atoms with Gasteiger partial charge in [0.1, 0.15) is 0 Å². The molecule has 2 aliphatic rings. The van der Waals surface area contributed by atoms with Gasteiger partial charge in [-0.1, -0.05) is 30.3 Å². The summed E-state index contributed by atoms with van der Waals surface area (Å²) in [5.41, 5.74) is -2.53. The molecule has 0 unspecified atom stereocenters. The van der Waals surface area contributed by atoms with Gasteiger partial charge in [0.25, 0.3) is 0 Å². The van der Waals surface area contributed by atoms with Crippen molar-refractivity contribution in [3.63, 3.8) is 0 Å². The first-order valence-corrected chi connectivity index (χ1v) is 13.4. The number of alkyl halides is 3. The average Bonchev–Trinajstić information content (AvgIpc) is 2.85. The van der Waals surface area contributed by atoms with Crippen molar-refractivity contribution in [1.29, 1.82) is 0 Å². The molecular formula is C25H32F3N3O4S. The van der Waals surface area contributed by atoms with Gasteiger partial charge in [0.2, 0.25) is 10.0 Å². The van der Waals surface area contributed by atoms with Crippen molar-refractivity contribution in [3.8, 4) is 0 Å². The lowest BCUT2D eigenvalue weighted by molar-refractivity contribution is -0.258. The van der Waals surface area contributed by atoms with E-state index in [1.807, 2.05) is 4.90 Å². The van der Waals surface area contributed by atoms with Crippen molar-refractivity contribution >= 4 is 15.7 Å². The molecule has 7 nitrogen and oxygen atoms in total. The van der Waals surface area contributed by atoms with E-state index in [9.17, 15) is 26.7 Å². The molecule has 2 aromatic carbocycles. The van der Waals surface area contributed by atoms with E-state index in [-0.39, 0.29) is 35.6 Å². The number of morpholine rings is 1. The topological polar surface area (TPSA) is 73.3 Å². The van der Waals surface area contributed by atoms with Gasteiger partial charge in [-0.3, -0.25) is 4.90 Å². The Hall–Kier alpha value is -2.18. The Morgan fingerprint density at radius 1 is 1.03 bits per heavy atom. The van der Waals surface area contributed by atoms with E-state index in [1.54, 1.807) is 42.5 Å². The maximum Gasteiger partial charge on any atom is 0.421 e. The second-order valence-electron chi connectivity index (χ2n) is 9.56. The molecule has 2 aliphatic heterocycles. The number of aliphatic hydroxyl groups is 1. The van der Waals surface area contributed by atoms with E-state index in [0.717, 1.165) is 6.92 Å². The van der Waals surface area contributed by atoms with Crippen molar-refractivity contribution < 1.29 is 31.4 Å². The summed E-state index contributed by atoms with van der Waals surface area (Å²) in [6, 6.07) is 13.9. The molecule has 2 aromatic rings. The second kappa shape index (κ2) is 10.3. The molecule has 0 bridgehead atoms. The van der Waals surface area contributed by atoms with Gasteiger partial charge in [0, 0.05) is 44.5 Å². The SMILES string of the molecule is C[C@H]1COCCN1C[C@@H]1CN(S(=O)(=O)c2ccccc2)CCN1c1ccc([C@](C)(O)C(F)(F)F)cc1. The summed E-state index contributed by atoms with van der Waals surface area (Å²) in [4.78, 5) is 4.53. The Kier molecular flexibility index (Phi) is 7.68. The van der Waals surface area contributed by atoms with Gasteiger partial charge in [-0.25, -0.2) is 8.42 Å². The molecule has 0 spiro atoms. The molecular weight excluding hydrogens is 495 g/mol. The van der Waals surface area contributed by atoms with Gasteiger partial charge in [0.05, 0.1) is 24.2 Å². The van der Waals surface area contributed by atoms with Crippen molar-refractivity contribution in [3.05, 3.63) is 60.2 Å². The van der Waals surface area contributed by atoms with E-state index >= 15 is 0 Å².